The van der Waals surface area contributed by atoms with Crippen LogP contribution in [0.1, 0.15) is 54.0 Å². The fraction of sp³-hybridized carbons (Fsp3) is 0.300. The van der Waals surface area contributed by atoms with Crippen molar-refractivity contribution >= 4 is 5.57 Å². The number of allylic oxidation sites excluding steroid dienone is 1. The molecular formula is C20H22. The molecule has 0 fully saturated rings. The van der Waals surface area contributed by atoms with Gasteiger partial charge in [0.2, 0.25) is 0 Å². The third-order valence-electron chi connectivity index (χ3n) is 4.28. The first-order valence-corrected chi connectivity index (χ1v) is 7.68. The number of hydrogen-bond acceptors (Lipinski definition) is 0. The monoisotopic (exact) mass is 262 g/mol. The van der Waals surface area contributed by atoms with Gasteiger partial charge in [-0.2, -0.15) is 0 Å². The smallest absolute Gasteiger partial charge is 0.00108 e. The molecule has 1 aliphatic rings. The van der Waals surface area contributed by atoms with Crippen LogP contribution in [0.25, 0.3) is 5.57 Å². The van der Waals surface area contributed by atoms with Crippen molar-refractivity contribution < 1.29 is 0 Å². The summed E-state index contributed by atoms with van der Waals surface area (Å²) in [5.41, 5.74) is 8.71. The maximum absolute atomic E-state index is 2.44. The molecule has 2 aromatic carbocycles. The molecule has 0 aromatic heterocycles. The van der Waals surface area contributed by atoms with E-state index in [9.17, 15) is 0 Å². The average Bonchev–Trinajstić information content (AvgIpc) is 2.48. The summed E-state index contributed by atoms with van der Waals surface area (Å²) in [5.74, 6) is 0. The first-order valence-electron chi connectivity index (χ1n) is 7.68. The summed E-state index contributed by atoms with van der Waals surface area (Å²) in [6.07, 6.45) is 7.22. The first kappa shape index (κ1) is 13.2. The van der Waals surface area contributed by atoms with E-state index >= 15 is 0 Å². The zero-order chi connectivity index (χ0) is 13.9. The van der Waals surface area contributed by atoms with Gasteiger partial charge in [-0.1, -0.05) is 68.3 Å². The van der Waals surface area contributed by atoms with Gasteiger partial charge in [-0.3, -0.25) is 0 Å². The van der Waals surface area contributed by atoms with Gasteiger partial charge in [0.05, 0.1) is 0 Å². The van der Waals surface area contributed by atoms with Crippen molar-refractivity contribution in [2.45, 2.75) is 39.5 Å². The van der Waals surface area contributed by atoms with Gasteiger partial charge in [-0.05, 0) is 53.2 Å². The molecule has 1 aliphatic carbocycles. The highest BCUT2D eigenvalue weighted by Crippen LogP contribution is 2.37. The molecule has 0 heterocycles. The normalized spacial score (nSPS) is 15.0. The van der Waals surface area contributed by atoms with E-state index in [1.165, 1.54) is 52.7 Å². The Hall–Kier alpha value is -1.82. The summed E-state index contributed by atoms with van der Waals surface area (Å²) in [4.78, 5) is 0. The molecule has 0 saturated carbocycles. The molecule has 2 aromatic rings. The Morgan fingerprint density at radius 1 is 1.00 bits per heavy atom. The van der Waals surface area contributed by atoms with Crippen LogP contribution in [0.2, 0.25) is 0 Å². The van der Waals surface area contributed by atoms with Crippen molar-refractivity contribution in [3.05, 3.63) is 76.4 Å². The lowest BCUT2D eigenvalue weighted by molar-refractivity contribution is 0.815. The maximum atomic E-state index is 2.44. The van der Waals surface area contributed by atoms with Crippen molar-refractivity contribution in [1.82, 2.24) is 0 Å². The summed E-state index contributed by atoms with van der Waals surface area (Å²) in [6.45, 7) is 4.49. The van der Waals surface area contributed by atoms with Gasteiger partial charge in [0.25, 0.3) is 0 Å². The lowest BCUT2D eigenvalue weighted by atomic mass is 9.80. The number of rotatable bonds is 3. The van der Waals surface area contributed by atoms with Crippen molar-refractivity contribution in [2.24, 2.45) is 0 Å². The van der Waals surface area contributed by atoms with Crippen LogP contribution < -0.4 is 0 Å². The van der Waals surface area contributed by atoms with Crippen LogP contribution in [0.5, 0.6) is 0 Å². The minimum atomic E-state index is 1.07. The fourth-order valence-corrected chi connectivity index (χ4v) is 3.13. The van der Waals surface area contributed by atoms with Gasteiger partial charge in [-0.15, -0.1) is 0 Å². The molecule has 0 bridgehead atoms. The third kappa shape index (κ3) is 2.31. The zero-order valence-electron chi connectivity index (χ0n) is 12.4. The van der Waals surface area contributed by atoms with Crippen molar-refractivity contribution in [1.29, 1.82) is 0 Å². The van der Waals surface area contributed by atoms with Gasteiger partial charge in [0.15, 0.2) is 0 Å². The van der Waals surface area contributed by atoms with Crippen molar-refractivity contribution in [3.8, 4) is 0 Å². The Kier molecular flexibility index (Phi) is 3.73. The van der Waals surface area contributed by atoms with Crippen LogP contribution in [0.15, 0.2) is 48.5 Å². The van der Waals surface area contributed by atoms with E-state index in [2.05, 4.69) is 62.4 Å². The Bertz CT molecular complexity index is 647. The molecule has 0 atom stereocenters. The zero-order valence-corrected chi connectivity index (χ0v) is 12.4. The summed E-state index contributed by atoms with van der Waals surface area (Å²) in [7, 11) is 0. The molecule has 0 heteroatoms. The van der Waals surface area contributed by atoms with Gasteiger partial charge in [0.1, 0.15) is 0 Å². The molecular weight excluding hydrogens is 240 g/mol. The minimum Gasteiger partial charge on any atom is -0.0760 e. The number of hydrogen-bond donors (Lipinski definition) is 0. The molecule has 3 rings (SSSR count). The van der Waals surface area contributed by atoms with Crippen LogP contribution in [0.3, 0.4) is 0 Å². The van der Waals surface area contributed by atoms with Crippen LogP contribution in [-0.2, 0) is 6.42 Å². The Balaban J connectivity index is 2.13. The van der Waals surface area contributed by atoms with E-state index in [1.807, 2.05) is 0 Å². The van der Waals surface area contributed by atoms with Crippen LogP contribution in [0.4, 0.5) is 0 Å². The fourth-order valence-electron chi connectivity index (χ4n) is 3.13. The van der Waals surface area contributed by atoms with Crippen molar-refractivity contribution in [3.63, 3.8) is 0 Å². The number of unbranched alkanes of at least 4 members (excludes halogenated alkanes) is 2. The standard InChI is InChI=1S/C20H22/c1-3-4-5-12-18-17-11-7-6-10-16(17)14-20-15(2)9-8-13-19(18)20/h6-13H,3-5,14H2,1-2H3/b18-12+. The van der Waals surface area contributed by atoms with E-state index in [0.29, 0.717) is 0 Å². The van der Waals surface area contributed by atoms with E-state index < -0.39 is 0 Å². The van der Waals surface area contributed by atoms with Crippen LogP contribution >= 0.6 is 0 Å². The molecule has 0 N–H and O–H groups in total. The first-order chi connectivity index (χ1) is 9.81. The average molecular weight is 262 g/mol. The van der Waals surface area contributed by atoms with Gasteiger partial charge < -0.3 is 0 Å². The van der Waals surface area contributed by atoms with Gasteiger partial charge in [0, 0.05) is 0 Å². The maximum Gasteiger partial charge on any atom is -0.00108 e. The highest BCUT2D eigenvalue weighted by atomic mass is 14.2. The molecule has 20 heavy (non-hydrogen) atoms. The van der Waals surface area contributed by atoms with E-state index in [4.69, 9.17) is 0 Å². The van der Waals surface area contributed by atoms with Crippen LogP contribution in [-0.4, -0.2) is 0 Å². The van der Waals surface area contributed by atoms with Gasteiger partial charge >= 0.3 is 0 Å². The van der Waals surface area contributed by atoms with Crippen molar-refractivity contribution in [2.75, 3.05) is 0 Å². The minimum absolute atomic E-state index is 1.07. The predicted octanol–water partition coefficient (Wildman–Crippen LogP) is 5.52. The third-order valence-corrected chi connectivity index (χ3v) is 4.28. The highest BCUT2D eigenvalue weighted by molar-refractivity contribution is 5.86. The molecule has 0 saturated heterocycles. The lowest BCUT2D eigenvalue weighted by Crippen LogP contribution is -2.08. The topological polar surface area (TPSA) is 0 Å². The molecule has 0 amide bonds. The summed E-state index contributed by atoms with van der Waals surface area (Å²) >= 11 is 0. The number of fused-ring (bicyclic) bond motifs is 2. The lowest BCUT2D eigenvalue weighted by Gasteiger charge is -2.24. The Morgan fingerprint density at radius 2 is 1.80 bits per heavy atom. The van der Waals surface area contributed by atoms with E-state index in [0.717, 1.165) is 6.42 Å². The molecule has 0 unspecified atom stereocenters. The highest BCUT2D eigenvalue weighted by Gasteiger charge is 2.20. The summed E-state index contributed by atoms with van der Waals surface area (Å²) < 4.78 is 0. The predicted molar refractivity (Wildman–Crippen MR) is 87.0 cm³/mol. The molecule has 0 nitrogen and oxygen atoms in total. The second-order valence-electron chi connectivity index (χ2n) is 5.69. The quantitative estimate of drug-likeness (QED) is 0.545. The summed E-state index contributed by atoms with van der Waals surface area (Å²) in [6, 6.07) is 15.6. The van der Waals surface area contributed by atoms with E-state index in [1.54, 1.807) is 0 Å². The molecule has 0 radical (unpaired) electrons. The Labute approximate surface area is 122 Å². The number of benzene rings is 2. The SMILES string of the molecule is CCCC/C=C1\c2ccccc2Cc2c(C)cccc21. The number of aryl methyl sites for hydroxylation is 1. The second kappa shape index (κ2) is 5.66. The van der Waals surface area contributed by atoms with Crippen LogP contribution in [0, 0.1) is 6.92 Å². The van der Waals surface area contributed by atoms with Gasteiger partial charge in [-0.25, -0.2) is 0 Å². The molecule has 0 spiro atoms. The Morgan fingerprint density at radius 3 is 2.65 bits per heavy atom. The molecule has 0 aliphatic heterocycles. The molecule has 102 valence electrons. The largest absolute Gasteiger partial charge is 0.0760 e. The second-order valence-corrected chi connectivity index (χ2v) is 5.69. The van der Waals surface area contributed by atoms with E-state index in [-0.39, 0.29) is 0 Å². The summed E-state index contributed by atoms with van der Waals surface area (Å²) in [5, 5.41) is 0.